The van der Waals surface area contributed by atoms with Crippen LogP contribution in [0.3, 0.4) is 0 Å². The van der Waals surface area contributed by atoms with Crippen LogP contribution in [0.15, 0.2) is 30.3 Å². The fourth-order valence-electron chi connectivity index (χ4n) is 1.48. The first-order valence-electron chi connectivity index (χ1n) is 5.36. The summed E-state index contributed by atoms with van der Waals surface area (Å²) in [6.07, 6.45) is 0. The van der Waals surface area contributed by atoms with Crippen molar-refractivity contribution in [3.63, 3.8) is 0 Å². The van der Waals surface area contributed by atoms with Gasteiger partial charge in [-0.1, -0.05) is 29.3 Å². The Morgan fingerprint density at radius 3 is 2.78 bits per heavy atom. The Morgan fingerprint density at radius 2 is 2.00 bits per heavy atom. The summed E-state index contributed by atoms with van der Waals surface area (Å²) in [5, 5.41) is 1.16. The van der Waals surface area contributed by atoms with Gasteiger partial charge in [-0.25, -0.2) is 4.98 Å². The van der Waals surface area contributed by atoms with Crippen molar-refractivity contribution in [2.75, 3.05) is 5.73 Å². The van der Waals surface area contributed by atoms with Crippen molar-refractivity contribution in [3.8, 4) is 5.75 Å². The maximum atomic E-state index is 6.01. The van der Waals surface area contributed by atoms with Gasteiger partial charge in [0, 0.05) is 5.02 Å². The summed E-state index contributed by atoms with van der Waals surface area (Å²) in [6.45, 7) is 2.20. The quantitative estimate of drug-likeness (QED) is 0.930. The number of pyridine rings is 1. The second kappa shape index (κ2) is 5.46. The molecule has 0 amide bonds. The number of nitrogens with two attached hydrogens (primary N) is 1. The van der Waals surface area contributed by atoms with E-state index in [4.69, 9.17) is 33.7 Å². The van der Waals surface area contributed by atoms with Gasteiger partial charge in [-0.15, -0.1) is 0 Å². The summed E-state index contributed by atoms with van der Waals surface area (Å²) in [6, 6.07) is 8.82. The van der Waals surface area contributed by atoms with Gasteiger partial charge in [0.25, 0.3) is 0 Å². The topological polar surface area (TPSA) is 48.1 Å². The normalized spacial score (nSPS) is 10.4. The maximum absolute atomic E-state index is 6.01. The van der Waals surface area contributed by atoms with Gasteiger partial charge < -0.3 is 10.5 Å². The van der Waals surface area contributed by atoms with E-state index >= 15 is 0 Å². The Hall–Kier alpha value is -1.45. The van der Waals surface area contributed by atoms with Crippen molar-refractivity contribution in [2.45, 2.75) is 13.5 Å². The average Bonchev–Trinajstić information content (AvgIpc) is 2.34. The predicted octanol–water partition coefficient (Wildman–Crippen LogP) is 3.86. The lowest BCUT2D eigenvalue weighted by molar-refractivity contribution is 0.299. The van der Waals surface area contributed by atoms with Crippen molar-refractivity contribution < 1.29 is 4.74 Å². The highest BCUT2D eigenvalue weighted by Gasteiger charge is 2.06. The van der Waals surface area contributed by atoms with Crippen LogP contribution in [-0.4, -0.2) is 4.98 Å². The number of hydrogen-bond donors (Lipinski definition) is 1. The Morgan fingerprint density at radius 1 is 1.22 bits per heavy atom. The molecule has 0 bridgehead atoms. The summed E-state index contributed by atoms with van der Waals surface area (Å²) in [5.74, 6) is 1.13. The van der Waals surface area contributed by atoms with Crippen molar-refractivity contribution in [1.29, 1.82) is 0 Å². The fourth-order valence-corrected chi connectivity index (χ4v) is 1.80. The maximum Gasteiger partial charge on any atom is 0.132 e. The minimum atomic E-state index is 0.255. The number of aryl methyl sites for hydroxylation is 1. The molecule has 1 heterocycles. The van der Waals surface area contributed by atoms with E-state index in [0.717, 1.165) is 5.56 Å². The number of nitrogen functional groups attached to an aromatic ring is 1. The van der Waals surface area contributed by atoms with Crippen molar-refractivity contribution >= 4 is 29.0 Å². The van der Waals surface area contributed by atoms with Crippen LogP contribution in [0.4, 0.5) is 5.82 Å². The lowest BCUT2D eigenvalue weighted by atomic mass is 10.2. The van der Waals surface area contributed by atoms with Gasteiger partial charge >= 0.3 is 0 Å². The summed E-state index contributed by atoms with van der Waals surface area (Å²) in [5.41, 5.74) is 7.21. The molecule has 1 aromatic heterocycles. The lowest BCUT2D eigenvalue weighted by Gasteiger charge is -2.10. The molecule has 0 unspecified atom stereocenters. The molecule has 0 aliphatic rings. The van der Waals surface area contributed by atoms with Gasteiger partial charge in [-0.3, -0.25) is 0 Å². The van der Waals surface area contributed by atoms with Gasteiger partial charge in [0.05, 0.1) is 10.7 Å². The van der Waals surface area contributed by atoms with Crippen LogP contribution < -0.4 is 10.5 Å². The standard InChI is InChI=1S/C13H12Cl2N2O/c1-8-2-3-9(14)6-12(8)18-7-11-10(15)4-5-13(16)17-11/h2-6H,7H2,1H3,(H2,16,17). The molecule has 2 aromatic rings. The summed E-state index contributed by atoms with van der Waals surface area (Å²) >= 11 is 11.9. The van der Waals surface area contributed by atoms with E-state index in [-0.39, 0.29) is 6.61 Å². The Balaban J connectivity index is 2.16. The van der Waals surface area contributed by atoms with Crippen LogP contribution in [0.1, 0.15) is 11.3 Å². The van der Waals surface area contributed by atoms with E-state index in [1.807, 2.05) is 19.1 Å². The third kappa shape index (κ3) is 3.06. The summed E-state index contributed by atoms with van der Waals surface area (Å²) in [7, 11) is 0. The molecule has 0 saturated carbocycles. The van der Waals surface area contributed by atoms with E-state index in [2.05, 4.69) is 4.98 Å². The van der Waals surface area contributed by atoms with E-state index in [1.165, 1.54) is 0 Å². The first-order valence-corrected chi connectivity index (χ1v) is 6.11. The Bertz CT molecular complexity index is 521. The molecule has 0 fully saturated rings. The third-order valence-electron chi connectivity index (χ3n) is 2.45. The van der Waals surface area contributed by atoms with Crippen LogP contribution in [0, 0.1) is 6.92 Å². The number of rotatable bonds is 3. The molecule has 0 aliphatic heterocycles. The van der Waals surface area contributed by atoms with E-state index in [0.29, 0.717) is 27.3 Å². The number of ether oxygens (including phenoxy) is 1. The molecule has 0 saturated heterocycles. The van der Waals surface area contributed by atoms with Gasteiger partial charge in [0.15, 0.2) is 0 Å². The van der Waals surface area contributed by atoms with Crippen molar-refractivity contribution in [1.82, 2.24) is 4.98 Å². The molecule has 0 spiro atoms. The minimum Gasteiger partial charge on any atom is -0.487 e. The molecule has 3 nitrogen and oxygen atoms in total. The molecular weight excluding hydrogens is 271 g/mol. The first kappa shape index (κ1) is 13.0. The highest BCUT2D eigenvalue weighted by Crippen LogP contribution is 2.24. The first-order chi connectivity index (χ1) is 8.56. The van der Waals surface area contributed by atoms with Crippen LogP contribution in [0.2, 0.25) is 10.0 Å². The SMILES string of the molecule is Cc1ccc(Cl)cc1OCc1nc(N)ccc1Cl. The van der Waals surface area contributed by atoms with Crippen LogP contribution in [0.5, 0.6) is 5.75 Å². The highest BCUT2D eigenvalue weighted by molar-refractivity contribution is 6.31. The molecule has 0 radical (unpaired) electrons. The third-order valence-corrected chi connectivity index (χ3v) is 3.03. The number of aromatic nitrogens is 1. The zero-order chi connectivity index (χ0) is 13.1. The van der Waals surface area contributed by atoms with Gasteiger partial charge in [-0.2, -0.15) is 0 Å². The molecule has 0 aliphatic carbocycles. The molecule has 0 atom stereocenters. The second-order valence-electron chi connectivity index (χ2n) is 3.86. The number of nitrogens with zero attached hydrogens (tertiary/aromatic N) is 1. The van der Waals surface area contributed by atoms with E-state index in [9.17, 15) is 0 Å². The van der Waals surface area contributed by atoms with Crippen LogP contribution in [-0.2, 0) is 6.61 Å². The molecular formula is C13H12Cl2N2O. The largest absolute Gasteiger partial charge is 0.487 e. The van der Waals surface area contributed by atoms with E-state index in [1.54, 1.807) is 18.2 Å². The number of anilines is 1. The lowest BCUT2D eigenvalue weighted by Crippen LogP contribution is -2.02. The minimum absolute atomic E-state index is 0.255. The highest BCUT2D eigenvalue weighted by atomic mass is 35.5. The smallest absolute Gasteiger partial charge is 0.132 e. The Kier molecular flexibility index (Phi) is 3.94. The van der Waals surface area contributed by atoms with Crippen molar-refractivity contribution in [3.05, 3.63) is 51.6 Å². The zero-order valence-electron chi connectivity index (χ0n) is 9.78. The second-order valence-corrected chi connectivity index (χ2v) is 4.71. The Labute approximate surface area is 115 Å². The molecule has 2 N–H and O–H groups in total. The summed E-state index contributed by atoms with van der Waals surface area (Å²) in [4.78, 5) is 4.13. The summed E-state index contributed by atoms with van der Waals surface area (Å²) < 4.78 is 5.65. The predicted molar refractivity (Wildman–Crippen MR) is 74.2 cm³/mol. The van der Waals surface area contributed by atoms with Crippen LogP contribution in [0.25, 0.3) is 0 Å². The van der Waals surface area contributed by atoms with Gasteiger partial charge in [0.2, 0.25) is 0 Å². The van der Waals surface area contributed by atoms with E-state index < -0.39 is 0 Å². The fraction of sp³-hybridized carbons (Fsp3) is 0.154. The molecule has 18 heavy (non-hydrogen) atoms. The number of benzene rings is 1. The molecule has 1 aromatic carbocycles. The average molecular weight is 283 g/mol. The zero-order valence-corrected chi connectivity index (χ0v) is 11.3. The number of hydrogen-bond acceptors (Lipinski definition) is 3. The molecule has 94 valence electrons. The molecule has 2 rings (SSSR count). The number of halogens is 2. The molecule has 5 heteroatoms. The monoisotopic (exact) mass is 282 g/mol. The van der Waals surface area contributed by atoms with Gasteiger partial charge in [0.1, 0.15) is 18.2 Å². The van der Waals surface area contributed by atoms with Crippen molar-refractivity contribution in [2.24, 2.45) is 0 Å². The van der Waals surface area contributed by atoms with Crippen LogP contribution >= 0.6 is 23.2 Å². The van der Waals surface area contributed by atoms with Gasteiger partial charge in [-0.05, 0) is 36.8 Å².